The second-order valence-electron chi connectivity index (χ2n) is 3.62. The SMILES string of the molecule is Nc1ccccc1OCCc1ccccc1. The first-order chi connectivity index (χ1) is 7.86. The smallest absolute Gasteiger partial charge is 0.142 e. The maximum atomic E-state index is 5.78. The fourth-order valence-electron chi connectivity index (χ4n) is 1.54. The molecule has 0 aliphatic heterocycles. The first-order valence-corrected chi connectivity index (χ1v) is 5.37. The lowest BCUT2D eigenvalue weighted by Gasteiger charge is -2.08. The molecule has 16 heavy (non-hydrogen) atoms. The van der Waals surface area contributed by atoms with Crippen LogP contribution < -0.4 is 10.5 Å². The number of benzene rings is 2. The standard InChI is InChI=1S/C14H15NO/c15-13-8-4-5-9-14(13)16-11-10-12-6-2-1-3-7-12/h1-9H,10-11,15H2. The van der Waals surface area contributed by atoms with Crippen molar-refractivity contribution in [3.05, 3.63) is 60.2 Å². The van der Waals surface area contributed by atoms with Gasteiger partial charge in [-0.25, -0.2) is 0 Å². The van der Waals surface area contributed by atoms with E-state index in [1.54, 1.807) is 0 Å². The Labute approximate surface area is 95.7 Å². The Bertz CT molecular complexity index is 439. The molecule has 0 atom stereocenters. The second-order valence-corrected chi connectivity index (χ2v) is 3.62. The highest BCUT2D eigenvalue weighted by Crippen LogP contribution is 2.19. The minimum absolute atomic E-state index is 0.651. The van der Waals surface area contributed by atoms with Crippen LogP contribution in [-0.4, -0.2) is 6.61 Å². The molecule has 0 aliphatic carbocycles. The van der Waals surface area contributed by atoms with Crippen molar-refractivity contribution in [1.82, 2.24) is 0 Å². The summed E-state index contributed by atoms with van der Waals surface area (Å²) in [5.74, 6) is 0.762. The molecule has 0 saturated carbocycles. The molecule has 0 radical (unpaired) electrons. The van der Waals surface area contributed by atoms with Crippen molar-refractivity contribution in [3.63, 3.8) is 0 Å². The number of nitrogens with two attached hydrogens (primary N) is 1. The van der Waals surface area contributed by atoms with Gasteiger partial charge >= 0.3 is 0 Å². The zero-order valence-corrected chi connectivity index (χ0v) is 9.10. The molecule has 2 heteroatoms. The van der Waals surface area contributed by atoms with Gasteiger partial charge in [0.15, 0.2) is 0 Å². The van der Waals surface area contributed by atoms with Gasteiger partial charge in [-0.05, 0) is 17.7 Å². The maximum Gasteiger partial charge on any atom is 0.142 e. The summed E-state index contributed by atoms with van der Waals surface area (Å²) in [6, 6.07) is 17.8. The van der Waals surface area contributed by atoms with Crippen LogP contribution in [0.15, 0.2) is 54.6 Å². The number of ether oxygens (including phenoxy) is 1. The summed E-state index contributed by atoms with van der Waals surface area (Å²) >= 11 is 0. The first kappa shape index (κ1) is 10.6. The van der Waals surface area contributed by atoms with Crippen molar-refractivity contribution in [3.8, 4) is 5.75 Å². The average molecular weight is 213 g/mol. The van der Waals surface area contributed by atoms with Crippen molar-refractivity contribution in [2.45, 2.75) is 6.42 Å². The average Bonchev–Trinajstić information content (AvgIpc) is 2.33. The lowest BCUT2D eigenvalue weighted by Crippen LogP contribution is -2.03. The lowest BCUT2D eigenvalue weighted by molar-refractivity contribution is 0.323. The van der Waals surface area contributed by atoms with Crippen LogP contribution in [-0.2, 0) is 6.42 Å². The number of hydrogen-bond acceptors (Lipinski definition) is 2. The van der Waals surface area contributed by atoms with Crippen molar-refractivity contribution in [2.75, 3.05) is 12.3 Å². The third-order valence-electron chi connectivity index (χ3n) is 2.41. The fraction of sp³-hybridized carbons (Fsp3) is 0.143. The van der Waals surface area contributed by atoms with Gasteiger partial charge < -0.3 is 10.5 Å². The van der Waals surface area contributed by atoms with Crippen LogP contribution in [0.25, 0.3) is 0 Å². The molecule has 0 aliphatic rings. The fourth-order valence-corrected chi connectivity index (χ4v) is 1.54. The van der Waals surface area contributed by atoms with Gasteiger partial charge in [-0.2, -0.15) is 0 Å². The van der Waals surface area contributed by atoms with E-state index in [0.717, 1.165) is 12.2 Å². The highest BCUT2D eigenvalue weighted by Gasteiger charge is 1.98. The molecule has 0 bridgehead atoms. The van der Waals surface area contributed by atoms with Crippen molar-refractivity contribution < 1.29 is 4.74 Å². The van der Waals surface area contributed by atoms with Crippen LogP contribution in [0.3, 0.4) is 0 Å². The van der Waals surface area contributed by atoms with Gasteiger partial charge in [0.2, 0.25) is 0 Å². The van der Waals surface area contributed by atoms with Crippen LogP contribution in [0.4, 0.5) is 5.69 Å². The first-order valence-electron chi connectivity index (χ1n) is 5.37. The molecular formula is C14H15NO. The van der Waals surface area contributed by atoms with Crippen molar-refractivity contribution in [1.29, 1.82) is 0 Å². The number of anilines is 1. The number of rotatable bonds is 4. The highest BCUT2D eigenvalue weighted by molar-refractivity contribution is 5.51. The summed E-state index contributed by atoms with van der Waals surface area (Å²) in [4.78, 5) is 0. The quantitative estimate of drug-likeness (QED) is 0.792. The number of nitrogen functional groups attached to an aromatic ring is 1. The topological polar surface area (TPSA) is 35.2 Å². The summed E-state index contributed by atoms with van der Waals surface area (Å²) in [5.41, 5.74) is 7.74. The third kappa shape index (κ3) is 2.76. The molecule has 82 valence electrons. The Kier molecular flexibility index (Phi) is 3.44. The number of para-hydroxylation sites is 2. The van der Waals surface area contributed by atoms with E-state index >= 15 is 0 Å². The minimum Gasteiger partial charge on any atom is -0.491 e. The highest BCUT2D eigenvalue weighted by atomic mass is 16.5. The summed E-state index contributed by atoms with van der Waals surface area (Å²) in [6.07, 6.45) is 0.898. The molecule has 0 fully saturated rings. The van der Waals surface area contributed by atoms with E-state index in [-0.39, 0.29) is 0 Å². The van der Waals surface area contributed by atoms with Gasteiger partial charge in [0, 0.05) is 6.42 Å². The largest absolute Gasteiger partial charge is 0.491 e. The molecule has 2 N–H and O–H groups in total. The summed E-state index contributed by atoms with van der Waals surface area (Å²) in [5, 5.41) is 0. The van der Waals surface area contributed by atoms with Crippen LogP contribution in [0.5, 0.6) is 5.75 Å². The maximum absolute atomic E-state index is 5.78. The van der Waals surface area contributed by atoms with Gasteiger partial charge in [-0.15, -0.1) is 0 Å². The molecule has 2 nitrogen and oxygen atoms in total. The molecule has 0 saturated heterocycles. The molecule has 0 aromatic heterocycles. The molecular weight excluding hydrogens is 198 g/mol. The van der Waals surface area contributed by atoms with Crippen LogP contribution in [0.2, 0.25) is 0 Å². The van der Waals surface area contributed by atoms with Crippen LogP contribution in [0, 0.1) is 0 Å². The van der Waals surface area contributed by atoms with Gasteiger partial charge in [0.1, 0.15) is 5.75 Å². The predicted molar refractivity (Wildman–Crippen MR) is 66.5 cm³/mol. The Balaban J connectivity index is 1.87. The van der Waals surface area contributed by atoms with E-state index < -0.39 is 0 Å². The van der Waals surface area contributed by atoms with E-state index in [1.165, 1.54) is 5.56 Å². The van der Waals surface area contributed by atoms with Gasteiger partial charge in [-0.1, -0.05) is 42.5 Å². The summed E-state index contributed by atoms with van der Waals surface area (Å²) in [6.45, 7) is 0.651. The van der Waals surface area contributed by atoms with Crippen LogP contribution >= 0.6 is 0 Å². The third-order valence-corrected chi connectivity index (χ3v) is 2.41. The molecule has 2 rings (SSSR count). The molecule has 2 aromatic rings. The van der Waals surface area contributed by atoms with Gasteiger partial charge in [0.25, 0.3) is 0 Å². The van der Waals surface area contributed by atoms with E-state index in [9.17, 15) is 0 Å². The Hall–Kier alpha value is -1.96. The second kappa shape index (κ2) is 5.21. The van der Waals surface area contributed by atoms with Crippen LogP contribution in [0.1, 0.15) is 5.56 Å². The van der Waals surface area contributed by atoms with E-state index in [0.29, 0.717) is 12.3 Å². The molecule has 0 unspecified atom stereocenters. The van der Waals surface area contributed by atoms with Crippen molar-refractivity contribution >= 4 is 5.69 Å². The minimum atomic E-state index is 0.651. The van der Waals surface area contributed by atoms with Gasteiger partial charge in [0.05, 0.1) is 12.3 Å². The summed E-state index contributed by atoms with van der Waals surface area (Å²) < 4.78 is 5.62. The monoisotopic (exact) mass is 213 g/mol. The van der Waals surface area contributed by atoms with Gasteiger partial charge in [-0.3, -0.25) is 0 Å². The zero-order chi connectivity index (χ0) is 11.2. The van der Waals surface area contributed by atoms with E-state index in [2.05, 4.69) is 12.1 Å². The molecule has 0 spiro atoms. The molecule has 0 amide bonds. The Morgan fingerprint density at radius 1 is 0.875 bits per heavy atom. The van der Waals surface area contributed by atoms with E-state index in [4.69, 9.17) is 10.5 Å². The summed E-state index contributed by atoms with van der Waals surface area (Å²) in [7, 11) is 0. The molecule has 2 aromatic carbocycles. The normalized spacial score (nSPS) is 10.0. The van der Waals surface area contributed by atoms with E-state index in [1.807, 2.05) is 42.5 Å². The zero-order valence-electron chi connectivity index (χ0n) is 9.10. The predicted octanol–water partition coefficient (Wildman–Crippen LogP) is 2.89. The number of hydrogen-bond donors (Lipinski definition) is 1. The Morgan fingerprint density at radius 2 is 1.56 bits per heavy atom. The Morgan fingerprint density at radius 3 is 2.31 bits per heavy atom. The molecule has 0 heterocycles. The lowest BCUT2D eigenvalue weighted by atomic mass is 10.2. The van der Waals surface area contributed by atoms with Crippen molar-refractivity contribution in [2.24, 2.45) is 0 Å².